The molecule has 49 heavy (non-hydrogen) atoms. The third kappa shape index (κ3) is 4.66. The minimum Gasteiger partial charge on any atom is -0.454 e. The van der Waals surface area contributed by atoms with Gasteiger partial charge in [0.15, 0.2) is 11.7 Å². The van der Waals surface area contributed by atoms with E-state index < -0.39 is 6.17 Å². The van der Waals surface area contributed by atoms with Crippen LogP contribution < -0.4 is 5.32 Å². The van der Waals surface area contributed by atoms with Crippen molar-refractivity contribution in [3.8, 4) is 11.1 Å². The van der Waals surface area contributed by atoms with Gasteiger partial charge in [0, 0.05) is 42.1 Å². The van der Waals surface area contributed by atoms with Crippen molar-refractivity contribution in [3.63, 3.8) is 0 Å². The van der Waals surface area contributed by atoms with Crippen LogP contribution in [0.2, 0.25) is 5.02 Å². The molecular formula is C43H26ClN3OS. The number of hydrogen-bond donors (Lipinski definition) is 1. The summed E-state index contributed by atoms with van der Waals surface area (Å²) in [6, 6.07) is 50.6. The molecule has 0 amide bonds. The lowest BCUT2D eigenvalue weighted by Crippen LogP contribution is -2.36. The van der Waals surface area contributed by atoms with E-state index in [0.717, 1.165) is 66.6 Å². The van der Waals surface area contributed by atoms with Crippen LogP contribution in [0, 0.1) is 0 Å². The predicted octanol–water partition coefficient (Wildman–Crippen LogP) is 11.9. The minimum atomic E-state index is -0.417. The van der Waals surface area contributed by atoms with E-state index in [1.807, 2.05) is 53.8 Å². The second kappa shape index (κ2) is 11.2. The first-order chi connectivity index (χ1) is 24.2. The summed E-state index contributed by atoms with van der Waals surface area (Å²) in [5.74, 6) is 1.56. The number of thiophene rings is 1. The number of hydrogen-bond acceptors (Lipinski definition) is 5. The average molecular weight is 668 g/mol. The third-order valence-corrected chi connectivity index (χ3v) is 10.8. The quantitative estimate of drug-likeness (QED) is 0.203. The van der Waals surface area contributed by atoms with E-state index in [-0.39, 0.29) is 0 Å². The van der Waals surface area contributed by atoms with Gasteiger partial charge < -0.3 is 9.73 Å². The molecule has 9 aromatic rings. The van der Waals surface area contributed by atoms with Crippen LogP contribution in [-0.2, 0) is 0 Å². The van der Waals surface area contributed by atoms with E-state index in [2.05, 4.69) is 108 Å². The van der Waals surface area contributed by atoms with Crippen molar-refractivity contribution in [2.45, 2.75) is 6.17 Å². The number of rotatable bonds is 4. The Morgan fingerprint density at radius 3 is 2.20 bits per heavy atom. The Balaban J connectivity index is 1.17. The highest BCUT2D eigenvalue weighted by Crippen LogP contribution is 2.42. The molecule has 10 rings (SSSR count). The van der Waals surface area contributed by atoms with Crippen LogP contribution in [-0.4, -0.2) is 11.7 Å². The smallest absolute Gasteiger partial charge is 0.169 e. The molecule has 7 aromatic carbocycles. The third-order valence-electron chi connectivity index (χ3n) is 9.39. The Morgan fingerprint density at radius 2 is 1.31 bits per heavy atom. The number of benzene rings is 7. The van der Waals surface area contributed by atoms with Crippen LogP contribution in [0.15, 0.2) is 160 Å². The summed E-state index contributed by atoms with van der Waals surface area (Å²) < 4.78 is 8.81. The summed E-state index contributed by atoms with van der Waals surface area (Å²) in [7, 11) is 0. The van der Waals surface area contributed by atoms with Crippen LogP contribution in [0.5, 0.6) is 0 Å². The molecule has 4 nitrogen and oxygen atoms in total. The summed E-state index contributed by atoms with van der Waals surface area (Å²) in [4.78, 5) is 10.5. The van der Waals surface area contributed by atoms with E-state index in [9.17, 15) is 0 Å². The summed E-state index contributed by atoms with van der Waals surface area (Å²) in [5, 5.41) is 11.1. The van der Waals surface area contributed by atoms with Gasteiger partial charge in [-0.2, -0.15) is 0 Å². The molecule has 2 aromatic heterocycles. The fourth-order valence-corrected chi connectivity index (χ4v) is 8.47. The fraction of sp³-hybridized carbons (Fsp3) is 0.0233. The molecule has 0 radical (unpaired) electrons. The molecule has 6 heteroatoms. The van der Waals surface area contributed by atoms with Gasteiger partial charge in [0.1, 0.15) is 17.3 Å². The molecule has 1 aliphatic rings. The monoisotopic (exact) mass is 667 g/mol. The van der Waals surface area contributed by atoms with Crippen LogP contribution in [0.4, 0.5) is 0 Å². The Bertz CT molecular complexity index is 2830. The molecule has 0 spiro atoms. The number of nitrogens with one attached hydrogen (secondary N) is 1. The van der Waals surface area contributed by atoms with E-state index >= 15 is 0 Å². The highest BCUT2D eigenvalue weighted by atomic mass is 35.5. The maximum atomic E-state index is 6.60. The highest BCUT2D eigenvalue weighted by molar-refractivity contribution is 7.25. The number of aliphatic imine (C=N–C) groups is 2. The predicted molar refractivity (Wildman–Crippen MR) is 206 cm³/mol. The minimum absolute atomic E-state index is 0.417. The SMILES string of the molecule is Clc1cccc2c1oc1cccc(-c3cc(C4=NC(c5ccc6c(c5)sc5ccccc56)N=C(c5ccccc5)N4)cc4ccccc34)c12. The molecule has 232 valence electrons. The molecule has 1 atom stereocenters. The molecule has 0 fully saturated rings. The van der Waals surface area contributed by atoms with Crippen LogP contribution in [0.25, 0.3) is 64.0 Å². The lowest BCUT2D eigenvalue weighted by Gasteiger charge is -2.23. The van der Waals surface area contributed by atoms with Crippen LogP contribution in [0.1, 0.15) is 22.9 Å². The second-order valence-electron chi connectivity index (χ2n) is 12.3. The van der Waals surface area contributed by atoms with Gasteiger partial charge in [0.05, 0.1) is 5.02 Å². The Hall–Kier alpha value is -5.75. The lowest BCUT2D eigenvalue weighted by molar-refractivity contribution is 0.669. The van der Waals surface area contributed by atoms with E-state index in [1.54, 1.807) is 0 Å². The second-order valence-corrected chi connectivity index (χ2v) is 13.8. The Kier molecular flexibility index (Phi) is 6.44. The van der Waals surface area contributed by atoms with Crippen molar-refractivity contribution >= 4 is 87.5 Å². The van der Waals surface area contributed by atoms with Crippen LogP contribution in [0.3, 0.4) is 0 Å². The largest absolute Gasteiger partial charge is 0.454 e. The highest BCUT2D eigenvalue weighted by Gasteiger charge is 2.23. The van der Waals surface area contributed by atoms with Crippen molar-refractivity contribution < 1.29 is 4.42 Å². The summed E-state index contributed by atoms with van der Waals surface area (Å²) >= 11 is 8.41. The van der Waals surface area contributed by atoms with Gasteiger partial charge in [-0.25, -0.2) is 9.98 Å². The fourth-order valence-electron chi connectivity index (χ4n) is 7.10. The number of fused-ring (bicyclic) bond motifs is 7. The maximum absolute atomic E-state index is 6.60. The first kappa shape index (κ1) is 28.3. The number of halogens is 1. The van der Waals surface area contributed by atoms with E-state index in [1.165, 1.54) is 20.2 Å². The standard InChI is InChI=1S/C43H26ClN3OS/c44-35-17-8-16-33-39-32(15-9-18-36(39)48-40(33)35)34-23-28(22-26-12-4-5-13-29(26)34)43-46-41(25-10-2-1-3-11-25)45-42(47-43)27-20-21-31-30-14-6-7-19-37(30)49-38(31)24-27/h1-24,42H,(H,45,46,47). The molecule has 1 unspecified atom stereocenters. The van der Waals surface area contributed by atoms with Gasteiger partial charge >= 0.3 is 0 Å². The lowest BCUT2D eigenvalue weighted by atomic mass is 9.92. The van der Waals surface area contributed by atoms with Gasteiger partial charge in [-0.3, -0.25) is 0 Å². The van der Waals surface area contributed by atoms with E-state index in [0.29, 0.717) is 10.6 Å². The van der Waals surface area contributed by atoms with Crippen molar-refractivity contribution in [1.82, 2.24) is 5.32 Å². The summed E-state index contributed by atoms with van der Waals surface area (Å²) in [6.07, 6.45) is -0.417. The molecule has 1 N–H and O–H groups in total. The van der Waals surface area contributed by atoms with Gasteiger partial charge in [0.2, 0.25) is 0 Å². The zero-order valence-electron chi connectivity index (χ0n) is 26.0. The zero-order valence-corrected chi connectivity index (χ0v) is 27.6. The van der Waals surface area contributed by atoms with Gasteiger partial charge in [-0.15, -0.1) is 11.3 Å². The molecule has 0 saturated carbocycles. The average Bonchev–Trinajstić information content (AvgIpc) is 3.74. The molecule has 0 aliphatic carbocycles. The zero-order chi connectivity index (χ0) is 32.5. The first-order valence-corrected chi connectivity index (χ1v) is 17.4. The van der Waals surface area contributed by atoms with Gasteiger partial charge in [-0.05, 0) is 63.9 Å². The number of para-hydroxylation sites is 1. The van der Waals surface area contributed by atoms with Crippen molar-refractivity contribution in [2.75, 3.05) is 0 Å². The summed E-state index contributed by atoms with van der Waals surface area (Å²) in [5.41, 5.74) is 6.72. The number of amidine groups is 2. The number of nitrogens with zero attached hydrogens (tertiary/aromatic N) is 2. The van der Waals surface area contributed by atoms with E-state index in [4.69, 9.17) is 26.0 Å². The molecule has 3 heterocycles. The van der Waals surface area contributed by atoms with Gasteiger partial charge in [-0.1, -0.05) is 121 Å². The normalized spacial score (nSPS) is 14.8. The van der Waals surface area contributed by atoms with Crippen molar-refractivity contribution in [2.24, 2.45) is 9.98 Å². The maximum Gasteiger partial charge on any atom is 0.169 e. The molecule has 0 bridgehead atoms. The van der Waals surface area contributed by atoms with Crippen LogP contribution >= 0.6 is 22.9 Å². The Morgan fingerprint density at radius 1 is 0.571 bits per heavy atom. The van der Waals surface area contributed by atoms with Crippen molar-refractivity contribution in [1.29, 1.82) is 0 Å². The topological polar surface area (TPSA) is 49.9 Å². The number of furan rings is 1. The van der Waals surface area contributed by atoms with Crippen molar-refractivity contribution in [3.05, 3.63) is 167 Å². The summed E-state index contributed by atoms with van der Waals surface area (Å²) in [6.45, 7) is 0. The molecule has 0 saturated heterocycles. The molecular weight excluding hydrogens is 642 g/mol. The Labute approximate surface area is 290 Å². The molecule has 1 aliphatic heterocycles. The first-order valence-electron chi connectivity index (χ1n) is 16.2. The van der Waals surface area contributed by atoms with Gasteiger partial charge in [0.25, 0.3) is 0 Å².